The summed E-state index contributed by atoms with van der Waals surface area (Å²) in [6, 6.07) is 5.06. The first-order valence-electron chi connectivity index (χ1n) is 4.58. The molecule has 3 heteroatoms. The Morgan fingerprint density at radius 2 is 2.20 bits per heavy atom. The van der Waals surface area contributed by atoms with Crippen LogP contribution in [0.5, 0.6) is 0 Å². The predicted octanol–water partition coefficient (Wildman–Crippen LogP) is 1.77. The van der Waals surface area contributed by atoms with Crippen molar-refractivity contribution in [3.63, 3.8) is 0 Å². The van der Waals surface area contributed by atoms with E-state index >= 15 is 0 Å². The molecule has 1 aliphatic rings. The molecule has 0 bridgehead atoms. The summed E-state index contributed by atoms with van der Waals surface area (Å²) in [6.07, 6.45) is 0.444. The fourth-order valence-electron chi connectivity index (χ4n) is 1.78. The topological polar surface area (TPSA) is 43.4 Å². The van der Waals surface area contributed by atoms with Gasteiger partial charge in [-0.05, 0) is 17.2 Å². The summed E-state index contributed by atoms with van der Waals surface area (Å²) in [5.74, 6) is -0.481. The van der Waals surface area contributed by atoms with E-state index in [0.29, 0.717) is 23.1 Å². The van der Waals surface area contributed by atoms with E-state index < -0.39 is 5.97 Å². The van der Waals surface area contributed by atoms with Crippen molar-refractivity contribution in [1.82, 2.24) is 0 Å². The van der Waals surface area contributed by atoms with Gasteiger partial charge in [-0.15, -0.1) is 0 Å². The maximum absolute atomic E-state index is 11.6. The summed E-state index contributed by atoms with van der Waals surface area (Å²) < 4.78 is 4.65. The quantitative estimate of drug-likeness (QED) is 0.515. The number of hydrogen-bond donors (Lipinski definition) is 0. The number of ether oxygens (including phenoxy) is 1. The number of hydrogen-bond acceptors (Lipinski definition) is 3. The van der Waals surface area contributed by atoms with Crippen LogP contribution in [-0.2, 0) is 11.2 Å². The van der Waals surface area contributed by atoms with Gasteiger partial charge in [-0.25, -0.2) is 4.79 Å². The minimum Gasteiger partial charge on any atom is -0.465 e. The minimum atomic E-state index is -0.408. The van der Waals surface area contributed by atoms with Crippen LogP contribution in [0.15, 0.2) is 30.4 Å². The van der Waals surface area contributed by atoms with Gasteiger partial charge in [0, 0.05) is 12.0 Å². The number of Topliss-reactive ketones (excluding diaryl/α,β-unsaturated/α-hetero) is 1. The number of ketones is 1. The van der Waals surface area contributed by atoms with Crippen LogP contribution < -0.4 is 0 Å². The Balaban J connectivity index is 2.59. The third kappa shape index (κ3) is 1.36. The lowest BCUT2D eigenvalue weighted by atomic mass is 10.0. The average molecular weight is 202 g/mol. The first-order valence-corrected chi connectivity index (χ1v) is 4.58. The molecule has 2 rings (SSSR count). The van der Waals surface area contributed by atoms with Gasteiger partial charge in [0.25, 0.3) is 0 Å². The van der Waals surface area contributed by atoms with Crippen molar-refractivity contribution >= 4 is 11.8 Å². The van der Waals surface area contributed by atoms with Crippen molar-refractivity contribution in [3.8, 4) is 0 Å². The summed E-state index contributed by atoms with van der Waals surface area (Å²) >= 11 is 0. The average Bonchev–Trinajstić information content (AvgIpc) is 2.54. The van der Waals surface area contributed by atoms with Gasteiger partial charge in [0.15, 0.2) is 5.78 Å². The molecule has 0 N–H and O–H groups in total. The maximum atomic E-state index is 11.6. The molecule has 0 atom stereocenters. The zero-order valence-electron chi connectivity index (χ0n) is 8.37. The molecule has 76 valence electrons. The van der Waals surface area contributed by atoms with Gasteiger partial charge in [-0.3, -0.25) is 4.79 Å². The van der Waals surface area contributed by atoms with Gasteiger partial charge in [-0.1, -0.05) is 18.7 Å². The molecular formula is C12H10O3. The van der Waals surface area contributed by atoms with E-state index in [1.54, 1.807) is 18.2 Å². The molecule has 0 heterocycles. The second kappa shape index (κ2) is 3.35. The third-order valence-corrected chi connectivity index (χ3v) is 2.54. The van der Waals surface area contributed by atoms with Crippen LogP contribution >= 0.6 is 0 Å². The molecule has 0 aliphatic heterocycles. The van der Waals surface area contributed by atoms with E-state index in [1.165, 1.54) is 7.11 Å². The number of fused-ring (bicyclic) bond motifs is 1. The molecular weight excluding hydrogens is 192 g/mol. The molecule has 0 aromatic heterocycles. The van der Waals surface area contributed by atoms with E-state index in [4.69, 9.17) is 0 Å². The Hall–Kier alpha value is -1.90. The van der Waals surface area contributed by atoms with Gasteiger partial charge in [-0.2, -0.15) is 0 Å². The zero-order valence-corrected chi connectivity index (χ0v) is 8.37. The third-order valence-electron chi connectivity index (χ3n) is 2.54. The van der Waals surface area contributed by atoms with E-state index in [-0.39, 0.29) is 5.78 Å². The second-order valence-electron chi connectivity index (χ2n) is 3.43. The van der Waals surface area contributed by atoms with Gasteiger partial charge < -0.3 is 4.74 Å². The first-order chi connectivity index (χ1) is 7.15. The lowest BCUT2D eigenvalue weighted by Crippen LogP contribution is -2.05. The Bertz CT molecular complexity index is 472. The van der Waals surface area contributed by atoms with Crippen molar-refractivity contribution in [2.75, 3.05) is 7.11 Å². The smallest absolute Gasteiger partial charge is 0.338 e. The van der Waals surface area contributed by atoms with Crippen molar-refractivity contribution in [1.29, 1.82) is 0 Å². The number of allylic oxidation sites excluding steroid dienone is 1. The van der Waals surface area contributed by atoms with Crippen molar-refractivity contribution in [3.05, 3.63) is 47.0 Å². The zero-order chi connectivity index (χ0) is 11.0. The fourth-order valence-corrected chi connectivity index (χ4v) is 1.78. The van der Waals surface area contributed by atoms with Gasteiger partial charge in [0.05, 0.1) is 12.7 Å². The summed E-state index contributed by atoms with van der Waals surface area (Å²) in [6.45, 7) is 3.67. The van der Waals surface area contributed by atoms with E-state index in [9.17, 15) is 9.59 Å². The van der Waals surface area contributed by atoms with Crippen LogP contribution in [0, 0.1) is 0 Å². The number of rotatable bonds is 1. The van der Waals surface area contributed by atoms with Crippen LogP contribution in [0.4, 0.5) is 0 Å². The van der Waals surface area contributed by atoms with E-state index in [0.717, 1.165) is 5.56 Å². The number of methoxy groups -OCH3 is 1. The summed E-state index contributed by atoms with van der Waals surface area (Å²) in [7, 11) is 1.33. The Morgan fingerprint density at radius 3 is 2.87 bits per heavy atom. The van der Waals surface area contributed by atoms with Crippen LogP contribution in [-0.4, -0.2) is 18.9 Å². The van der Waals surface area contributed by atoms with Gasteiger partial charge >= 0.3 is 5.97 Å². The van der Waals surface area contributed by atoms with Crippen LogP contribution in [0.25, 0.3) is 0 Å². The Labute approximate surface area is 87.4 Å². The molecule has 1 aromatic rings. The summed E-state index contributed by atoms with van der Waals surface area (Å²) in [5.41, 5.74) is 2.30. The summed E-state index contributed by atoms with van der Waals surface area (Å²) in [5, 5.41) is 0. The molecule has 0 unspecified atom stereocenters. The molecule has 0 fully saturated rings. The highest BCUT2D eigenvalue weighted by Crippen LogP contribution is 2.28. The highest BCUT2D eigenvalue weighted by Gasteiger charge is 2.27. The number of esters is 1. The van der Waals surface area contributed by atoms with E-state index in [2.05, 4.69) is 11.3 Å². The highest BCUT2D eigenvalue weighted by molar-refractivity contribution is 6.14. The number of carbonyl (C=O) groups is 2. The predicted molar refractivity (Wildman–Crippen MR) is 55.0 cm³/mol. The monoisotopic (exact) mass is 202 g/mol. The summed E-state index contributed by atoms with van der Waals surface area (Å²) in [4.78, 5) is 23.0. The van der Waals surface area contributed by atoms with Crippen LogP contribution in [0.3, 0.4) is 0 Å². The van der Waals surface area contributed by atoms with Crippen LogP contribution in [0.1, 0.15) is 26.3 Å². The standard InChI is InChI=1S/C12H10O3/c1-7-6-10-8(11(7)13)4-3-5-9(10)12(14)15-2/h3-5H,1,6H2,2H3. The number of benzene rings is 1. The molecule has 0 saturated carbocycles. The maximum Gasteiger partial charge on any atom is 0.338 e. The molecule has 0 saturated heterocycles. The first kappa shape index (κ1) is 9.65. The Kier molecular flexibility index (Phi) is 2.15. The molecule has 0 radical (unpaired) electrons. The molecule has 3 nitrogen and oxygen atoms in total. The number of carbonyl (C=O) groups excluding carboxylic acids is 2. The largest absolute Gasteiger partial charge is 0.465 e. The normalized spacial score (nSPS) is 13.9. The molecule has 0 amide bonds. The Morgan fingerprint density at radius 1 is 1.47 bits per heavy atom. The highest BCUT2D eigenvalue weighted by atomic mass is 16.5. The SMILES string of the molecule is C=C1Cc2c(C(=O)OC)cccc2C1=O. The molecule has 0 spiro atoms. The lowest BCUT2D eigenvalue weighted by Gasteiger charge is -2.04. The van der Waals surface area contributed by atoms with Gasteiger partial charge in [0.1, 0.15) is 0 Å². The molecule has 1 aromatic carbocycles. The van der Waals surface area contributed by atoms with Crippen molar-refractivity contribution in [2.24, 2.45) is 0 Å². The van der Waals surface area contributed by atoms with Gasteiger partial charge in [0.2, 0.25) is 0 Å². The van der Waals surface area contributed by atoms with E-state index in [1.807, 2.05) is 0 Å². The fraction of sp³-hybridized carbons (Fsp3) is 0.167. The minimum absolute atomic E-state index is 0.0734. The van der Waals surface area contributed by atoms with Crippen LogP contribution in [0.2, 0.25) is 0 Å². The lowest BCUT2D eigenvalue weighted by molar-refractivity contribution is 0.0599. The van der Waals surface area contributed by atoms with Crippen molar-refractivity contribution < 1.29 is 14.3 Å². The second-order valence-corrected chi connectivity index (χ2v) is 3.43. The molecule has 15 heavy (non-hydrogen) atoms. The molecule has 1 aliphatic carbocycles. The van der Waals surface area contributed by atoms with Crippen molar-refractivity contribution in [2.45, 2.75) is 6.42 Å².